The van der Waals surface area contributed by atoms with E-state index in [9.17, 15) is 4.79 Å². The third kappa shape index (κ3) is 4.39. The summed E-state index contributed by atoms with van der Waals surface area (Å²) >= 11 is 0. The molecule has 0 spiro atoms. The van der Waals surface area contributed by atoms with Gasteiger partial charge in [-0.2, -0.15) is 0 Å². The van der Waals surface area contributed by atoms with Gasteiger partial charge >= 0.3 is 5.97 Å². The summed E-state index contributed by atoms with van der Waals surface area (Å²) in [7, 11) is -0.297. The Bertz CT molecular complexity index is 292. The van der Waals surface area contributed by atoms with Crippen molar-refractivity contribution < 1.29 is 14.0 Å². The van der Waals surface area contributed by atoms with Crippen molar-refractivity contribution in [3.8, 4) is 0 Å². The van der Waals surface area contributed by atoms with Crippen LogP contribution in [0.1, 0.15) is 41.0 Å². The van der Waals surface area contributed by atoms with Gasteiger partial charge in [-0.1, -0.05) is 13.8 Å². The predicted molar refractivity (Wildman–Crippen MR) is 78.1 cm³/mol. The molecule has 18 heavy (non-hydrogen) atoms. The smallest absolute Gasteiger partial charge is 0.314 e. The molecule has 0 heterocycles. The highest BCUT2D eigenvalue weighted by Crippen LogP contribution is 2.41. The molecule has 0 aliphatic rings. The lowest BCUT2D eigenvalue weighted by atomic mass is 9.72. The molecule has 1 atom stereocenters. The second kappa shape index (κ2) is 5.74. The molecule has 108 valence electrons. The molecule has 0 aromatic heterocycles. The Morgan fingerprint density at radius 3 is 1.89 bits per heavy atom. The number of carbonyl (C=O) groups is 1. The van der Waals surface area contributed by atoms with E-state index < -0.39 is 19.3 Å². The monoisotopic (exact) mass is 274 g/mol. The number of esters is 1. The van der Waals surface area contributed by atoms with Gasteiger partial charge in [0.05, 0.1) is 18.1 Å². The van der Waals surface area contributed by atoms with Crippen LogP contribution in [0, 0.1) is 11.3 Å². The zero-order chi connectivity index (χ0) is 14.8. The summed E-state index contributed by atoms with van der Waals surface area (Å²) < 4.78 is 11.3. The molecule has 0 aliphatic heterocycles. The fraction of sp³-hybridized carbons (Fsp3) is 0.929. The van der Waals surface area contributed by atoms with Gasteiger partial charge in [-0.15, -0.1) is 0 Å². The maximum absolute atomic E-state index is 12.1. The van der Waals surface area contributed by atoms with Crippen molar-refractivity contribution in [3.05, 3.63) is 0 Å². The van der Waals surface area contributed by atoms with E-state index in [-0.39, 0.29) is 5.97 Å². The van der Waals surface area contributed by atoms with Crippen molar-refractivity contribution in [1.29, 1.82) is 0 Å². The third-order valence-corrected chi connectivity index (χ3v) is 4.41. The minimum Gasteiger partial charge on any atom is -0.469 e. The van der Waals surface area contributed by atoms with Crippen LogP contribution >= 0.6 is 0 Å². The van der Waals surface area contributed by atoms with Gasteiger partial charge in [-0.3, -0.25) is 4.79 Å². The summed E-state index contributed by atoms with van der Waals surface area (Å²) in [4.78, 5) is 12.1. The standard InChI is InChI=1S/C14H30O3Si/c1-11(2)10-14(5,17-18(7,8)9)13(3,4)12(15)16-6/h11H,10H2,1-9H3. The van der Waals surface area contributed by atoms with Crippen LogP contribution in [0.25, 0.3) is 0 Å². The van der Waals surface area contributed by atoms with E-state index >= 15 is 0 Å². The summed E-state index contributed by atoms with van der Waals surface area (Å²) in [5.74, 6) is 0.263. The number of hydrogen-bond acceptors (Lipinski definition) is 3. The maximum Gasteiger partial charge on any atom is 0.314 e. The summed E-state index contributed by atoms with van der Waals surface area (Å²) in [6.07, 6.45) is 0.847. The summed E-state index contributed by atoms with van der Waals surface area (Å²) in [6, 6.07) is 0. The first-order valence-electron chi connectivity index (χ1n) is 6.64. The Morgan fingerprint density at radius 2 is 1.61 bits per heavy atom. The number of methoxy groups -OCH3 is 1. The van der Waals surface area contributed by atoms with Crippen LogP contribution in [0.4, 0.5) is 0 Å². The van der Waals surface area contributed by atoms with Crippen LogP contribution in [0.2, 0.25) is 19.6 Å². The lowest BCUT2D eigenvalue weighted by molar-refractivity contribution is -0.165. The van der Waals surface area contributed by atoms with Gasteiger partial charge < -0.3 is 9.16 Å². The van der Waals surface area contributed by atoms with Crippen LogP contribution in [0.3, 0.4) is 0 Å². The summed E-state index contributed by atoms with van der Waals surface area (Å²) in [6.45, 7) is 16.6. The molecule has 0 amide bonds. The molecule has 0 N–H and O–H groups in total. The quantitative estimate of drug-likeness (QED) is 0.545. The van der Waals surface area contributed by atoms with Crippen molar-refractivity contribution in [2.45, 2.75) is 66.3 Å². The molecule has 0 bridgehead atoms. The van der Waals surface area contributed by atoms with Crippen molar-refractivity contribution in [1.82, 2.24) is 0 Å². The Balaban J connectivity index is 5.39. The third-order valence-electron chi connectivity index (χ3n) is 3.35. The highest BCUT2D eigenvalue weighted by molar-refractivity contribution is 6.69. The largest absolute Gasteiger partial charge is 0.469 e. The van der Waals surface area contributed by atoms with Gasteiger partial charge in [0.2, 0.25) is 0 Å². The normalized spacial score (nSPS) is 16.6. The molecule has 0 fully saturated rings. The molecular formula is C14H30O3Si. The molecule has 3 nitrogen and oxygen atoms in total. The van der Waals surface area contributed by atoms with Crippen molar-refractivity contribution in [2.75, 3.05) is 7.11 Å². The fourth-order valence-electron chi connectivity index (χ4n) is 2.35. The molecule has 0 saturated carbocycles. The van der Waals surface area contributed by atoms with Gasteiger partial charge in [0, 0.05) is 0 Å². The zero-order valence-electron chi connectivity index (χ0n) is 13.5. The van der Waals surface area contributed by atoms with Crippen LogP contribution in [-0.4, -0.2) is 27.0 Å². The summed E-state index contributed by atoms with van der Waals surface area (Å²) in [5, 5.41) is 0. The lowest BCUT2D eigenvalue weighted by Gasteiger charge is -2.46. The van der Waals surface area contributed by atoms with E-state index in [4.69, 9.17) is 9.16 Å². The van der Waals surface area contributed by atoms with Crippen molar-refractivity contribution >= 4 is 14.3 Å². The van der Waals surface area contributed by atoms with Crippen LogP contribution in [0.15, 0.2) is 0 Å². The first-order valence-corrected chi connectivity index (χ1v) is 10.0. The van der Waals surface area contributed by atoms with E-state index in [0.717, 1.165) is 6.42 Å². The number of ether oxygens (including phenoxy) is 1. The molecule has 1 unspecified atom stereocenters. The fourth-order valence-corrected chi connectivity index (χ4v) is 4.04. The van der Waals surface area contributed by atoms with E-state index in [2.05, 4.69) is 33.5 Å². The molecular weight excluding hydrogens is 244 g/mol. The topological polar surface area (TPSA) is 35.5 Å². The first kappa shape index (κ1) is 17.6. The lowest BCUT2D eigenvalue weighted by Crippen LogP contribution is -2.54. The molecule has 0 saturated heterocycles. The van der Waals surface area contributed by atoms with Crippen LogP contribution in [0.5, 0.6) is 0 Å². The molecule has 0 aromatic rings. The van der Waals surface area contributed by atoms with Crippen LogP contribution in [-0.2, 0) is 14.0 Å². The highest BCUT2D eigenvalue weighted by Gasteiger charge is 2.50. The van der Waals surface area contributed by atoms with E-state index in [0.29, 0.717) is 5.92 Å². The molecule has 0 rings (SSSR count). The van der Waals surface area contributed by atoms with E-state index in [1.54, 1.807) is 0 Å². The van der Waals surface area contributed by atoms with Gasteiger partial charge in [-0.05, 0) is 52.8 Å². The van der Waals surface area contributed by atoms with Gasteiger partial charge in [0.25, 0.3) is 0 Å². The molecule has 4 heteroatoms. The van der Waals surface area contributed by atoms with Crippen molar-refractivity contribution in [3.63, 3.8) is 0 Å². The molecule has 0 radical (unpaired) electrons. The number of carbonyl (C=O) groups excluding carboxylic acids is 1. The Labute approximate surface area is 113 Å². The number of rotatable bonds is 6. The van der Waals surface area contributed by atoms with Crippen LogP contribution < -0.4 is 0 Å². The van der Waals surface area contributed by atoms with Gasteiger partial charge in [-0.25, -0.2) is 0 Å². The molecule has 0 aromatic carbocycles. The Kier molecular flexibility index (Phi) is 5.63. The average molecular weight is 274 g/mol. The predicted octanol–water partition coefficient (Wildman–Crippen LogP) is 3.84. The average Bonchev–Trinajstić information content (AvgIpc) is 2.11. The summed E-state index contributed by atoms with van der Waals surface area (Å²) in [5.41, 5.74) is -1.13. The Hall–Kier alpha value is -0.353. The Morgan fingerprint density at radius 1 is 1.17 bits per heavy atom. The minimum absolute atomic E-state index is 0.205. The van der Waals surface area contributed by atoms with Gasteiger partial charge in [0.1, 0.15) is 0 Å². The highest BCUT2D eigenvalue weighted by atomic mass is 28.4. The second-order valence-corrected chi connectivity index (χ2v) is 11.6. The zero-order valence-corrected chi connectivity index (χ0v) is 14.5. The maximum atomic E-state index is 12.1. The first-order chi connectivity index (χ1) is 7.85. The van der Waals surface area contributed by atoms with E-state index in [1.165, 1.54) is 7.11 Å². The molecule has 0 aliphatic carbocycles. The minimum atomic E-state index is -1.74. The second-order valence-electron chi connectivity index (χ2n) is 7.16. The van der Waals surface area contributed by atoms with Crippen molar-refractivity contribution in [2.24, 2.45) is 11.3 Å². The van der Waals surface area contributed by atoms with Gasteiger partial charge in [0.15, 0.2) is 8.32 Å². The number of hydrogen-bond donors (Lipinski definition) is 0. The SMILES string of the molecule is COC(=O)C(C)(C)C(C)(CC(C)C)O[Si](C)(C)C. The van der Waals surface area contributed by atoms with E-state index in [1.807, 2.05) is 20.8 Å².